The maximum atomic E-state index is 12.4. The molecule has 0 atom stereocenters. The molecule has 2 heterocycles. The van der Waals surface area contributed by atoms with Gasteiger partial charge in [-0.1, -0.05) is 18.7 Å². The van der Waals surface area contributed by atoms with Crippen molar-refractivity contribution >= 4 is 23.4 Å². The van der Waals surface area contributed by atoms with E-state index in [4.69, 9.17) is 9.47 Å². The highest BCUT2D eigenvalue weighted by Gasteiger charge is 2.21. The lowest BCUT2D eigenvalue weighted by molar-refractivity contribution is -0.113. The van der Waals surface area contributed by atoms with Crippen LogP contribution in [0.2, 0.25) is 0 Å². The van der Waals surface area contributed by atoms with Gasteiger partial charge in [-0.2, -0.15) is 0 Å². The summed E-state index contributed by atoms with van der Waals surface area (Å²) in [5, 5.41) is 3.28. The highest BCUT2D eigenvalue weighted by atomic mass is 32.2. The number of ether oxygens (including phenoxy) is 2. The van der Waals surface area contributed by atoms with Crippen LogP contribution in [0.15, 0.2) is 28.2 Å². The topological polar surface area (TPSA) is 96.6 Å². The molecule has 8 nitrogen and oxygen atoms in total. The molecule has 156 valence electrons. The summed E-state index contributed by atoms with van der Waals surface area (Å²) in [6.45, 7) is 4.64. The van der Waals surface area contributed by atoms with E-state index in [9.17, 15) is 9.59 Å². The molecule has 2 aromatic rings. The zero-order valence-corrected chi connectivity index (χ0v) is 17.7. The van der Waals surface area contributed by atoms with Crippen molar-refractivity contribution in [3.8, 4) is 11.5 Å². The van der Waals surface area contributed by atoms with Gasteiger partial charge in [0.25, 0.3) is 5.56 Å². The minimum atomic E-state index is -0.209. The predicted molar refractivity (Wildman–Crippen MR) is 113 cm³/mol. The first-order valence-electron chi connectivity index (χ1n) is 9.52. The van der Waals surface area contributed by atoms with Crippen LogP contribution in [0.4, 0.5) is 5.69 Å². The zero-order chi connectivity index (χ0) is 20.8. The van der Waals surface area contributed by atoms with Crippen LogP contribution in [-0.4, -0.2) is 53.8 Å². The zero-order valence-electron chi connectivity index (χ0n) is 16.9. The summed E-state index contributed by atoms with van der Waals surface area (Å²) in [4.78, 5) is 34.4. The molecule has 2 N–H and O–H groups in total. The maximum absolute atomic E-state index is 12.4. The third-order valence-electron chi connectivity index (χ3n) is 4.64. The van der Waals surface area contributed by atoms with Crippen molar-refractivity contribution in [3.63, 3.8) is 0 Å². The van der Waals surface area contributed by atoms with Gasteiger partial charge < -0.3 is 19.8 Å². The Balaban J connectivity index is 1.62. The van der Waals surface area contributed by atoms with Gasteiger partial charge in [0.05, 0.1) is 31.2 Å². The van der Waals surface area contributed by atoms with Crippen LogP contribution in [0.5, 0.6) is 11.5 Å². The number of nitrogens with zero attached hydrogens (tertiary/aromatic N) is 2. The van der Waals surface area contributed by atoms with Gasteiger partial charge in [0, 0.05) is 43.4 Å². The van der Waals surface area contributed by atoms with E-state index in [1.54, 1.807) is 32.4 Å². The molecule has 0 spiro atoms. The number of benzene rings is 1. The number of thioether (sulfide) groups is 1. The maximum Gasteiger partial charge on any atom is 0.256 e. The number of carbonyl (C=O) groups is 1. The Morgan fingerprint density at radius 3 is 2.66 bits per heavy atom. The number of methoxy groups -OCH3 is 2. The number of rotatable bonds is 8. The third-order valence-corrected chi connectivity index (χ3v) is 5.51. The van der Waals surface area contributed by atoms with Gasteiger partial charge in [-0.15, -0.1) is 0 Å². The van der Waals surface area contributed by atoms with E-state index in [0.717, 1.165) is 37.2 Å². The molecule has 0 fully saturated rings. The van der Waals surface area contributed by atoms with E-state index in [2.05, 4.69) is 27.1 Å². The molecule has 0 aliphatic carbocycles. The number of hydrogen-bond donors (Lipinski definition) is 2. The first-order chi connectivity index (χ1) is 14.0. The van der Waals surface area contributed by atoms with E-state index in [0.29, 0.717) is 28.9 Å². The Hall–Kier alpha value is -2.52. The fraction of sp³-hybridized carbons (Fsp3) is 0.450. The van der Waals surface area contributed by atoms with Crippen molar-refractivity contribution in [2.45, 2.75) is 31.5 Å². The summed E-state index contributed by atoms with van der Waals surface area (Å²) in [5.74, 6) is 1.10. The van der Waals surface area contributed by atoms with Crippen molar-refractivity contribution in [2.24, 2.45) is 0 Å². The molecule has 1 aliphatic heterocycles. The number of aromatic amines is 1. The molecular formula is C20H26N4O4S. The number of hydrogen-bond acceptors (Lipinski definition) is 7. The fourth-order valence-electron chi connectivity index (χ4n) is 3.24. The van der Waals surface area contributed by atoms with Crippen LogP contribution in [0.3, 0.4) is 0 Å². The van der Waals surface area contributed by atoms with Crippen LogP contribution in [-0.2, 0) is 17.8 Å². The second kappa shape index (κ2) is 9.80. The van der Waals surface area contributed by atoms with Crippen LogP contribution in [0, 0.1) is 0 Å². The summed E-state index contributed by atoms with van der Waals surface area (Å²) in [5.41, 5.74) is 2.04. The number of amides is 1. The Bertz CT molecular complexity index is 909. The number of fused-ring (bicyclic) bond motifs is 1. The Labute approximate surface area is 174 Å². The van der Waals surface area contributed by atoms with Crippen LogP contribution in [0.25, 0.3) is 0 Å². The van der Waals surface area contributed by atoms with Crippen molar-refractivity contribution in [2.75, 3.05) is 38.4 Å². The molecule has 3 rings (SSSR count). The van der Waals surface area contributed by atoms with Crippen molar-refractivity contribution in [1.82, 2.24) is 14.9 Å². The third kappa shape index (κ3) is 5.51. The summed E-state index contributed by atoms with van der Waals surface area (Å²) >= 11 is 1.21. The first-order valence-corrected chi connectivity index (χ1v) is 10.5. The Kier molecular flexibility index (Phi) is 7.16. The van der Waals surface area contributed by atoms with Gasteiger partial charge in [0.2, 0.25) is 5.91 Å². The second-order valence-electron chi connectivity index (χ2n) is 6.76. The van der Waals surface area contributed by atoms with Gasteiger partial charge in [0.15, 0.2) is 5.16 Å². The van der Waals surface area contributed by atoms with Gasteiger partial charge in [-0.25, -0.2) is 4.98 Å². The van der Waals surface area contributed by atoms with Crippen LogP contribution in [0.1, 0.15) is 24.6 Å². The lowest BCUT2D eigenvalue weighted by atomic mass is 10.1. The fourth-order valence-corrected chi connectivity index (χ4v) is 3.92. The molecule has 0 bridgehead atoms. The molecule has 0 radical (unpaired) electrons. The molecule has 1 aromatic heterocycles. The molecule has 29 heavy (non-hydrogen) atoms. The van der Waals surface area contributed by atoms with E-state index < -0.39 is 0 Å². The quantitative estimate of drug-likeness (QED) is 0.501. The monoisotopic (exact) mass is 418 g/mol. The second-order valence-corrected chi connectivity index (χ2v) is 7.72. The number of nitrogens with one attached hydrogen (secondary N) is 2. The van der Waals surface area contributed by atoms with Gasteiger partial charge >= 0.3 is 0 Å². The predicted octanol–water partition coefficient (Wildman–Crippen LogP) is 2.29. The first kappa shape index (κ1) is 21.2. The minimum Gasteiger partial charge on any atom is -0.497 e. The van der Waals surface area contributed by atoms with Crippen molar-refractivity contribution in [1.29, 1.82) is 0 Å². The SMILES string of the molecule is CCCN1CCc2nc(SCC(=O)Nc3cc(OC)cc(OC)c3)[nH]c(=O)c2C1. The minimum absolute atomic E-state index is 0.115. The largest absolute Gasteiger partial charge is 0.497 e. The molecule has 9 heteroatoms. The summed E-state index contributed by atoms with van der Waals surface area (Å²) in [7, 11) is 3.10. The van der Waals surface area contributed by atoms with Gasteiger partial charge in [0.1, 0.15) is 11.5 Å². The highest BCUT2D eigenvalue weighted by Crippen LogP contribution is 2.26. The smallest absolute Gasteiger partial charge is 0.256 e. The number of carbonyl (C=O) groups excluding carboxylic acids is 1. The molecule has 0 saturated carbocycles. The molecule has 0 unspecified atom stereocenters. The normalized spacial score (nSPS) is 13.6. The van der Waals surface area contributed by atoms with E-state index >= 15 is 0 Å². The van der Waals surface area contributed by atoms with Crippen LogP contribution >= 0.6 is 11.8 Å². The summed E-state index contributed by atoms with van der Waals surface area (Å²) in [6, 6.07) is 5.16. The van der Waals surface area contributed by atoms with Gasteiger partial charge in [-0.05, 0) is 13.0 Å². The van der Waals surface area contributed by atoms with Gasteiger partial charge in [-0.3, -0.25) is 14.5 Å². The Morgan fingerprint density at radius 1 is 1.28 bits per heavy atom. The highest BCUT2D eigenvalue weighted by molar-refractivity contribution is 7.99. The standard InChI is InChI=1S/C20H26N4O4S/c1-4-6-24-7-5-17-16(11-24)19(26)23-20(22-17)29-12-18(25)21-13-8-14(27-2)10-15(9-13)28-3/h8-10H,4-7,11-12H2,1-3H3,(H,21,25)(H,22,23,26). The van der Waals surface area contributed by atoms with Crippen molar-refractivity contribution < 1.29 is 14.3 Å². The molecule has 0 saturated heterocycles. The Morgan fingerprint density at radius 2 is 2.00 bits per heavy atom. The van der Waals surface area contributed by atoms with E-state index in [1.807, 2.05) is 0 Å². The summed E-state index contributed by atoms with van der Waals surface area (Å²) < 4.78 is 10.4. The average Bonchev–Trinajstić information content (AvgIpc) is 2.72. The average molecular weight is 419 g/mol. The molecule has 1 aromatic carbocycles. The molecule has 1 aliphatic rings. The summed E-state index contributed by atoms with van der Waals surface area (Å²) in [6.07, 6.45) is 1.81. The van der Waals surface area contributed by atoms with E-state index in [1.165, 1.54) is 11.8 Å². The van der Waals surface area contributed by atoms with E-state index in [-0.39, 0.29) is 17.2 Å². The lowest BCUT2D eigenvalue weighted by Gasteiger charge is -2.27. The molecule has 1 amide bonds. The number of aromatic nitrogens is 2. The van der Waals surface area contributed by atoms with Crippen LogP contribution < -0.4 is 20.3 Å². The lowest BCUT2D eigenvalue weighted by Crippen LogP contribution is -2.36. The van der Waals surface area contributed by atoms with Crippen molar-refractivity contribution in [3.05, 3.63) is 39.8 Å². The number of H-pyrrole nitrogens is 1. The molecular weight excluding hydrogens is 392 g/mol. The number of anilines is 1.